The van der Waals surface area contributed by atoms with E-state index in [0.717, 1.165) is 19.1 Å². The van der Waals surface area contributed by atoms with Crippen molar-refractivity contribution >= 4 is 0 Å². The molecule has 1 unspecified atom stereocenters. The summed E-state index contributed by atoms with van der Waals surface area (Å²) in [5.74, 6) is 0. The molecular weight excluding hydrogens is 150 g/mol. The maximum Gasteiger partial charge on any atom is 0.108 e. The molecule has 0 bridgehead atoms. The summed E-state index contributed by atoms with van der Waals surface area (Å²) in [6, 6.07) is 3.00. The number of rotatable bonds is 5. The maximum absolute atomic E-state index is 8.73. The van der Waals surface area contributed by atoms with E-state index in [1.807, 2.05) is 7.05 Å². The molecule has 1 rings (SSSR count). The van der Waals surface area contributed by atoms with Gasteiger partial charge in [0, 0.05) is 12.6 Å². The van der Waals surface area contributed by atoms with Crippen LogP contribution < -0.4 is 5.32 Å². The number of likely N-dealkylation sites (N-methyl/N-ethyl adjacent to an activating group) is 2. The summed E-state index contributed by atoms with van der Waals surface area (Å²) in [6.07, 6.45) is 2.63. The second kappa shape index (κ2) is 4.44. The van der Waals surface area contributed by atoms with Gasteiger partial charge in [0.15, 0.2) is 0 Å². The van der Waals surface area contributed by atoms with E-state index in [-0.39, 0.29) is 6.04 Å². The fourth-order valence-corrected chi connectivity index (χ4v) is 1.41. The van der Waals surface area contributed by atoms with Crippen LogP contribution in [0.4, 0.5) is 0 Å². The quantitative estimate of drug-likeness (QED) is 0.651. The third-order valence-electron chi connectivity index (χ3n) is 2.39. The topological polar surface area (TPSA) is 39.1 Å². The van der Waals surface area contributed by atoms with Crippen LogP contribution in [0.2, 0.25) is 0 Å². The van der Waals surface area contributed by atoms with Gasteiger partial charge in [-0.25, -0.2) is 0 Å². The highest BCUT2D eigenvalue weighted by molar-refractivity contribution is 4.94. The Kier molecular flexibility index (Phi) is 3.51. The van der Waals surface area contributed by atoms with Gasteiger partial charge in [-0.2, -0.15) is 5.26 Å². The molecule has 0 aliphatic heterocycles. The highest BCUT2D eigenvalue weighted by Gasteiger charge is 2.28. The van der Waals surface area contributed by atoms with E-state index in [0.29, 0.717) is 0 Å². The Hall–Kier alpha value is -0.590. The van der Waals surface area contributed by atoms with E-state index < -0.39 is 0 Å². The first kappa shape index (κ1) is 9.50. The second-order valence-electron chi connectivity index (χ2n) is 3.29. The Morgan fingerprint density at radius 3 is 2.67 bits per heavy atom. The molecule has 12 heavy (non-hydrogen) atoms. The van der Waals surface area contributed by atoms with Crippen LogP contribution in [-0.2, 0) is 0 Å². The molecule has 1 aliphatic carbocycles. The first-order valence-electron chi connectivity index (χ1n) is 4.62. The molecule has 1 saturated carbocycles. The van der Waals surface area contributed by atoms with E-state index in [1.54, 1.807) is 0 Å². The minimum atomic E-state index is -0.00875. The van der Waals surface area contributed by atoms with Gasteiger partial charge < -0.3 is 5.32 Å². The zero-order chi connectivity index (χ0) is 8.97. The molecule has 0 aromatic heterocycles. The van der Waals surface area contributed by atoms with Crippen molar-refractivity contribution < 1.29 is 0 Å². The Labute approximate surface area is 74.4 Å². The summed E-state index contributed by atoms with van der Waals surface area (Å²) in [6.45, 7) is 4.08. The van der Waals surface area contributed by atoms with Gasteiger partial charge in [-0.3, -0.25) is 4.90 Å². The van der Waals surface area contributed by atoms with Crippen molar-refractivity contribution in [2.45, 2.75) is 31.8 Å². The molecule has 0 aromatic rings. The van der Waals surface area contributed by atoms with Crippen molar-refractivity contribution in [3.63, 3.8) is 0 Å². The van der Waals surface area contributed by atoms with Gasteiger partial charge in [0.1, 0.15) is 6.04 Å². The van der Waals surface area contributed by atoms with E-state index in [1.165, 1.54) is 12.8 Å². The Balaban J connectivity index is 2.30. The van der Waals surface area contributed by atoms with Crippen molar-refractivity contribution in [2.75, 3.05) is 20.1 Å². The molecule has 1 aliphatic rings. The lowest BCUT2D eigenvalue weighted by molar-refractivity contribution is 0.264. The third-order valence-corrected chi connectivity index (χ3v) is 2.39. The Morgan fingerprint density at radius 1 is 1.67 bits per heavy atom. The van der Waals surface area contributed by atoms with Gasteiger partial charge in [-0.1, -0.05) is 6.92 Å². The molecule has 0 heterocycles. The van der Waals surface area contributed by atoms with Crippen LogP contribution in [0.1, 0.15) is 19.8 Å². The molecule has 3 heteroatoms. The van der Waals surface area contributed by atoms with Crippen molar-refractivity contribution in [2.24, 2.45) is 0 Å². The third kappa shape index (κ3) is 2.47. The lowest BCUT2D eigenvalue weighted by Crippen LogP contribution is -2.39. The van der Waals surface area contributed by atoms with Gasteiger partial charge >= 0.3 is 0 Å². The van der Waals surface area contributed by atoms with Crippen LogP contribution in [0.15, 0.2) is 0 Å². The van der Waals surface area contributed by atoms with Crippen molar-refractivity contribution in [3.8, 4) is 6.07 Å². The van der Waals surface area contributed by atoms with Crippen molar-refractivity contribution in [1.82, 2.24) is 10.2 Å². The van der Waals surface area contributed by atoms with Crippen LogP contribution in [0.25, 0.3) is 0 Å². The second-order valence-corrected chi connectivity index (χ2v) is 3.29. The summed E-state index contributed by atoms with van der Waals surface area (Å²) >= 11 is 0. The van der Waals surface area contributed by atoms with Gasteiger partial charge in [0.05, 0.1) is 6.07 Å². The summed E-state index contributed by atoms with van der Waals surface area (Å²) in [5, 5.41) is 11.7. The van der Waals surface area contributed by atoms with E-state index >= 15 is 0 Å². The van der Waals surface area contributed by atoms with Gasteiger partial charge in [0.2, 0.25) is 0 Å². The number of hydrogen-bond donors (Lipinski definition) is 1. The first-order chi connectivity index (χ1) is 5.81. The van der Waals surface area contributed by atoms with Crippen molar-refractivity contribution in [1.29, 1.82) is 5.26 Å². The first-order valence-corrected chi connectivity index (χ1v) is 4.62. The molecule has 1 atom stereocenters. The number of hydrogen-bond acceptors (Lipinski definition) is 3. The molecule has 0 amide bonds. The van der Waals surface area contributed by atoms with Gasteiger partial charge in [-0.05, 0) is 26.4 Å². The van der Waals surface area contributed by atoms with Crippen LogP contribution in [0.5, 0.6) is 0 Å². The lowest BCUT2D eigenvalue weighted by atomic mass is 10.3. The summed E-state index contributed by atoms with van der Waals surface area (Å²) in [7, 11) is 1.84. The predicted molar refractivity (Wildman–Crippen MR) is 48.7 cm³/mol. The monoisotopic (exact) mass is 167 g/mol. The van der Waals surface area contributed by atoms with Crippen molar-refractivity contribution in [3.05, 3.63) is 0 Å². The molecule has 3 nitrogen and oxygen atoms in total. The number of nitrogens with one attached hydrogen (secondary N) is 1. The molecule has 0 saturated heterocycles. The molecule has 68 valence electrons. The number of nitrogens with zero attached hydrogens (tertiary/aromatic N) is 2. The Bertz CT molecular complexity index is 169. The van der Waals surface area contributed by atoms with Crippen LogP contribution in [-0.4, -0.2) is 37.1 Å². The van der Waals surface area contributed by atoms with Gasteiger partial charge in [-0.15, -0.1) is 0 Å². The van der Waals surface area contributed by atoms with Crippen LogP contribution >= 0.6 is 0 Å². The number of nitriles is 1. The minimum absolute atomic E-state index is 0.00875. The van der Waals surface area contributed by atoms with Crippen LogP contribution in [0, 0.1) is 11.3 Å². The molecule has 0 spiro atoms. The van der Waals surface area contributed by atoms with Crippen LogP contribution in [0.3, 0.4) is 0 Å². The lowest BCUT2D eigenvalue weighted by Gasteiger charge is -2.21. The Morgan fingerprint density at radius 2 is 2.33 bits per heavy atom. The van der Waals surface area contributed by atoms with E-state index in [2.05, 4.69) is 23.2 Å². The fraction of sp³-hybridized carbons (Fsp3) is 0.889. The fourth-order valence-electron chi connectivity index (χ4n) is 1.41. The SMILES string of the molecule is CCN(CC(C#N)NC)C1CC1. The molecule has 0 radical (unpaired) electrons. The molecule has 1 fully saturated rings. The maximum atomic E-state index is 8.73. The average Bonchev–Trinajstić information content (AvgIpc) is 2.90. The minimum Gasteiger partial charge on any atom is -0.304 e. The standard InChI is InChI=1S/C9H17N3/c1-3-12(9-4-5-9)7-8(6-10)11-2/h8-9,11H,3-5,7H2,1-2H3. The smallest absolute Gasteiger partial charge is 0.108 e. The van der Waals surface area contributed by atoms with Gasteiger partial charge in [0.25, 0.3) is 0 Å². The highest BCUT2D eigenvalue weighted by atomic mass is 15.2. The molecule has 1 N–H and O–H groups in total. The summed E-state index contributed by atoms with van der Waals surface area (Å²) in [5.41, 5.74) is 0. The zero-order valence-corrected chi connectivity index (χ0v) is 7.88. The summed E-state index contributed by atoms with van der Waals surface area (Å²) < 4.78 is 0. The predicted octanol–water partition coefficient (Wildman–Crippen LogP) is 0.582. The average molecular weight is 167 g/mol. The molecular formula is C9H17N3. The van der Waals surface area contributed by atoms with E-state index in [4.69, 9.17) is 5.26 Å². The normalized spacial score (nSPS) is 19.2. The van der Waals surface area contributed by atoms with E-state index in [9.17, 15) is 0 Å². The largest absolute Gasteiger partial charge is 0.304 e. The molecule has 0 aromatic carbocycles. The summed E-state index contributed by atoms with van der Waals surface area (Å²) in [4.78, 5) is 2.38. The zero-order valence-electron chi connectivity index (χ0n) is 7.88. The highest BCUT2D eigenvalue weighted by Crippen LogP contribution is 2.26.